The number of carbonyl (C=O) groups is 1. The number of imidazole rings is 1. The fourth-order valence-corrected chi connectivity index (χ4v) is 3.20. The number of alkyl halides is 2. The highest BCUT2D eigenvalue weighted by molar-refractivity contribution is 5.93. The van der Waals surface area contributed by atoms with Crippen LogP contribution in [0.1, 0.15) is 35.9 Å². The Morgan fingerprint density at radius 1 is 1.28 bits per heavy atom. The number of halogens is 2. The van der Waals surface area contributed by atoms with E-state index >= 15 is 0 Å². The molecule has 0 fully saturated rings. The maximum Gasteiger partial charge on any atom is 0.387 e. The number of ether oxygens (including phenoxy) is 3. The molecular weight excluding hydrogens is 430 g/mol. The number of fused-ring (bicyclic) bond motifs is 1. The van der Waals surface area contributed by atoms with Gasteiger partial charge in [-0.1, -0.05) is 19.4 Å². The van der Waals surface area contributed by atoms with Crippen molar-refractivity contribution >= 4 is 17.1 Å². The van der Waals surface area contributed by atoms with Gasteiger partial charge in [0.1, 0.15) is 18.0 Å². The summed E-state index contributed by atoms with van der Waals surface area (Å²) in [6, 6.07) is 4.04. The smallest absolute Gasteiger partial charge is 0.387 e. The average molecular weight is 452 g/mol. The molecule has 3 rings (SSSR count). The summed E-state index contributed by atoms with van der Waals surface area (Å²) >= 11 is 0. The molecule has 0 bridgehead atoms. The molecule has 2 aromatic heterocycles. The normalized spacial score (nSPS) is 11.2. The van der Waals surface area contributed by atoms with Crippen molar-refractivity contribution in [2.75, 3.05) is 7.11 Å². The van der Waals surface area contributed by atoms with Gasteiger partial charge >= 0.3 is 18.3 Å². The van der Waals surface area contributed by atoms with E-state index in [1.165, 1.54) is 34.4 Å². The number of aryl methyl sites for hydroxylation is 2. The van der Waals surface area contributed by atoms with E-state index in [2.05, 4.69) is 14.7 Å². The summed E-state index contributed by atoms with van der Waals surface area (Å²) in [5, 5.41) is 0. The van der Waals surface area contributed by atoms with Crippen LogP contribution in [0.2, 0.25) is 0 Å². The number of para-hydroxylation sites is 1. The Labute approximate surface area is 180 Å². The van der Waals surface area contributed by atoms with Crippen LogP contribution in [0.4, 0.5) is 8.78 Å². The van der Waals surface area contributed by atoms with Crippen molar-refractivity contribution in [2.24, 2.45) is 7.05 Å². The van der Waals surface area contributed by atoms with Crippen LogP contribution in [-0.2, 0) is 24.9 Å². The van der Waals surface area contributed by atoms with E-state index < -0.39 is 29.6 Å². The Morgan fingerprint density at radius 2 is 2.03 bits per heavy atom. The lowest BCUT2D eigenvalue weighted by Crippen LogP contribution is -2.31. The van der Waals surface area contributed by atoms with E-state index in [9.17, 15) is 23.2 Å². The number of carbonyl (C=O) groups excluding carboxylic acids is 1. The monoisotopic (exact) mass is 452 g/mol. The Morgan fingerprint density at radius 3 is 2.69 bits per heavy atom. The summed E-state index contributed by atoms with van der Waals surface area (Å²) in [5.74, 6) is -1.28. The van der Waals surface area contributed by atoms with E-state index in [1.807, 2.05) is 6.92 Å². The van der Waals surface area contributed by atoms with Crippen LogP contribution in [0.15, 0.2) is 27.8 Å². The number of nitrogens with zero attached hydrogens (tertiary/aromatic N) is 3. The van der Waals surface area contributed by atoms with Crippen molar-refractivity contribution in [2.45, 2.75) is 39.5 Å². The van der Waals surface area contributed by atoms with Gasteiger partial charge in [0.15, 0.2) is 22.7 Å². The number of H-pyrrole nitrogens is 1. The first kappa shape index (κ1) is 23.0. The highest BCUT2D eigenvalue weighted by Crippen LogP contribution is 2.33. The van der Waals surface area contributed by atoms with Crippen LogP contribution in [0.25, 0.3) is 11.2 Å². The molecule has 32 heavy (non-hydrogen) atoms. The molecular formula is C20H22F2N4O6. The quantitative estimate of drug-likeness (QED) is 0.495. The predicted octanol–water partition coefficient (Wildman–Crippen LogP) is 2.19. The van der Waals surface area contributed by atoms with E-state index in [1.54, 1.807) is 7.05 Å². The molecule has 0 radical (unpaired) electrons. The first-order valence-corrected chi connectivity index (χ1v) is 9.75. The van der Waals surface area contributed by atoms with E-state index in [4.69, 9.17) is 9.47 Å². The molecule has 0 spiro atoms. The van der Waals surface area contributed by atoms with Crippen LogP contribution in [0.3, 0.4) is 0 Å². The Bertz CT molecular complexity index is 1250. The lowest BCUT2D eigenvalue weighted by molar-refractivity contribution is -0.0518. The molecule has 2 heterocycles. The zero-order valence-electron chi connectivity index (χ0n) is 17.7. The molecule has 10 nitrogen and oxygen atoms in total. The summed E-state index contributed by atoms with van der Waals surface area (Å²) in [6.07, 6.45) is 1.53. The van der Waals surface area contributed by atoms with Crippen molar-refractivity contribution in [1.82, 2.24) is 19.1 Å². The van der Waals surface area contributed by atoms with E-state index in [-0.39, 0.29) is 34.9 Å². The third-order valence-corrected chi connectivity index (χ3v) is 4.80. The maximum absolute atomic E-state index is 12.8. The van der Waals surface area contributed by atoms with Crippen molar-refractivity contribution in [3.63, 3.8) is 0 Å². The van der Waals surface area contributed by atoms with Crippen LogP contribution in [-0.4, -0.2) is 38.8 Å². The van der Waals surface area contributed by atoms with Gasteiger partial charge in [0, 0.05) is 13.6 Å². The van der Waals surface area contributed by atoms with E-state index in [0.29, 0.717) is 13.0 Å². The minimum absolute atomic E-state index is 0.0612. The lowest BCUT2D eigenvalue weighted by Gasteiger charge is -2.13. The maximum atomic E-state index is 12.8. The van der Waals surface area contributed by atoms with Gasteiger partial charge in [-0.3, -0.25) is 14.3 Å². The fourth-order valence-electron chi connectivity index (χ4n) is 3.20. The predicted molar refractivity (Wildman–Crippen MR) is 109 cm³/mol. The first-order valence-electron chi connectivity index (χ1n) is 9.75. The number of benzene rings is 1. The van der Waals surface area contributed by atoms with Crippen LogP contribution < -0.4 is 20.7 Å². The Hall–Kier alpha value is -3.70. The van der Waals surface area contributed by atoms with Crippen molar-refractivity contribution < 1.29 is 27.8 Å². The fraction of sp³-hybridized carbons (Fsp3) is 0.400. The van der Waals surface area contributed by atoms with Gasteiger partial charge in [-0.15, -0.1) is 0 Å². The third-order valence-electron chi connectivity index (χ3n) is 4.80. The lowest BCUT2D eigenvalue weighted by atomic mass is 10.2. The molecule has 0 aliphatic rings. The second kappa shape index (κ2) is 9.62. The van der Waals surface area contributed by atoms with Gasteiger partial charge in [-0.25, -0.2) is 14.6 Å². The number of nitrogens with one attached hydrogen (secondary N) is 1. The largest absolute Gasteiger partial charge is 0.493 e. The number of hydrogen-bond acceptors (Lipinski definition) is 7. The molecule has 1 aromatic carbocycles. The number of unbranched alkanes of at least 4 members (excludes halogenated alkanes) is 1. The Balaban J connectivity index is 1.93. The van der Waals surface area contributed by atoms with Gasteiger partial charge < -0.3 is 18.8 Å². The molecule has 0 saturated heterocycles. The summed E-state index contributed by atoms with van der Waals surface area (Å²) < 4.78 is 43.0. The number of aromatic amines is 1. The van der Waals surface area contributed by atoms with E-state index in [0.717, 1.165) is 6.42 Å². The zero-order chi connectivity index (χ0) is 23.4. The van der Waals surface area contributed by atoms with Crippen LogP contribution in [0.5, 0.6) is 11.5 Å². The van der Waals surface area contributed by atoms with Crippen molar-refractivity contribution in [1.29, 1.82) is 0 Å². The minimum atomic E-state index is -3.18. The second-order valence-electron chi connectivity index (χ2n) is 6.82. The molecule has 3 aromatic rings. The first-order chi connectivity index (χ1) is 15.3. The number of hydrogen-bond donors (Lipinski definition) is 1. The molecule has 0 saturated carbocycles. The zero-order valence-corrected chi connectivity index (χ0v) is 17.7. The molecule has 0 aliphatic heterocycles. The van der Waals surface area contributed by atoms with Crippen molar-refractivity contribution in [3.8, 4) is 11.5 Å². The number of methoxy groups -OCH3 is 1. The molecule has 0 amide bonds. The summed E-state index contributed by atoms with van der Waals surface area (Å²) in [5.41, 5.74) is -1.15. The number of aromatic nitrogens is 4. The standard InChI is InChI=1S/C20H22F2N4O6/c1-4-5-9-26-16-14(17(27)24-20(26)29)25(2)13(23-16)10-31-18(28)11-7-6-8-12(30-3)15(11)32-19(21)22/h6-8,19H,4-5,9-10H2,1-3H3,(H,24,27,29). The second-order valence-corrected chi connectivity index (χ2v) is 6.82. The van der Waals surface area contributed by atoms with Crippen molar-refractivity contribution in [3.05, 3.63) is 50.4 Å². The third kappa shape index (κ3) is 4.48. The molecule has 172 valence electrons. The molecule has 0 atom stereocenters. The molecule has 1 N–H and O–H groups in total. The topological polar surface area (TPSA) is 117 Å². The highest BCUT2D eigenvalue weighted by atomic mass is 19.3. The summed E-state index contributed by atoms with van der Waals surface area (Å²) in [4.78, 5) is 43.6. The summed E-state index contributed by atoms with van der Waals surface area (Å²) in [7, 11) is 2.79. The van der Waals surface area contributed by atoms with Gasteiger partial charge in [0.05, 0.1) is 7.11 Å². The summed E-state index contributed by atoms with van der Waals surface area (Å²) in [6.45, 7) is -1.24. The Kier molecular flexibility index (Phi) is 6.91. The van der Waals surface area contributed by atoms with Crippen LogP contribution in [0, 0.1) is 0 Å². The number of esters is 1. The van der Waals surface area contributed by atoms with Crippen LogP contribution >= 0.6 is 0 Å². The molecule has 12 heteroatoms. The minimum Gasteiger partial charge on any atom is -0.493 e. The van der Waals surface area contributed by atoms with Gasteiger partial charge in [-0.2, -0.15) is 8.78 Å². The van der Waals surface area contributed by atoms with Gasteiger partial charge in [0.2, 0.25) is 0 Å². The molecule has 0 aliphatic carbocycles. The average Bonchev–Trinajstić information content (AvgIpc) is 3.08. The molecule has 0 unspecified atom stereocenters. The highest BCUT2D eigenvalue weighted by Gasteiger charge is 2.23. The van der Waals surface area contributed by atoms with Gasteiger partial charge in [-0.05, 0) is 18.6 Å². The van der Waals surface area contributed by atoms with Gasteiger partial charge in [0.25, 0.3) is 5.56 Å². The number of rotatable bonds is 9. The SMILES string of the molecule is CCCCn1c(=O)[nH]c(=O)c2c1nc(COC(=O)c1cccc(OC)c1OC(F)F)n2C.